The molecule has 0 saturated heterocycles. The summed E-state index contributed by atoms with van der Waals surface area (Å²) in [4.78, 5) is 3.27. The molecule has 0 unspecified atom stereocenters. The molecule has 1 aliphatic heterocycles. The van der Waals surface area contributed by atoms with Gasteiger partial charge in [-0.25, -0.2) is 4.39 Å². The molecule has 0 amide bonds. The highest BCUT2D eigenvalue weighted by Gasteiger charge is 2.23. The summed E-state index contributed by atoms with van der Waals surface area (Å²) in [6.45, 7) is 1.40. The number of hydrogen-bond acceptors (Lipinski definition) is 3. The van der Waals surface area contributed by atoms with Gasteiger partial charge < -0.3 is 10.1 Å². The van der Waals surface area contributed by atoms with Gasteiger partial charge in [-0.1, -0.05) is 17.3 Å². The average Bonchev–Trinajstić information content (AvgIpc) is 2.89. The summed E-state index contributed by atoms with van der Waals surface area (Å²) in [6.07, 6.45) is 0.903. The van der Waals surface area contributed by atoms with Gasteiger partial charge in [-0.2, -0.15) is 0 Å². The first-order valence-corrected chi connectivity index (χ1v) is 6.94. The van der Waals surface area contributed by atoms with Crippen molar-refractivity contribution in [1.29, 1.82) is 0 Å². The van der Waals surface area contributed by atoms with Gasteiger partial charge in [-0.05, 0) is 35.6 Å². The van der Waals surface area contributed by atoms with Crippen LogP contribution in [0.1, 0.15) is 16.0 Å². The van der Waals surface area contributed by atoms with Crippen LogP contribution in [0.15, 0.2) is 40.9 Å². The quantitative estimate of drug-likeness (QED) is 0.376. The van der Waals surface area contributed by atoms with Gasteiger partial charge in [0.1, 0.15) is 5.82 Å². The number of hydrogen-bond donors (Lipinski definition) is 1. The maximum atomic E-state index is 13.8. The molecule has 1 aliphatic rings. The molecule has 0 saturated carbocycles. The Morgan fingerprint density at radius 3 is 2.95 bits per heavy atom. The van der Waals surface area contributed by atoms with E-state index in [2.05, 4.69) is 16.6 Å². The molecule has 0 radical (unpaired) electrons. The molecule has 2 aromatic rings. The third-order valence-electron chi connectivity index (χ3n) is 3.32. The molecule has 0 aliphatic carbocycles. The average molecular weight is 276 g/mol. The van der Waals surface area contributed by atoms with Crippen molar-refractivity contribution in [2.75, 3.05) is 6.54 Å². The monoisotopic (exact) mass is 276 g/mol. The second-order valence-corrected chi connectivity index (χ2v) is 5.44. The van der Waals surface area contributed by atoms with Crippen molar-refractivity contribution < 1.29 is 9.60 Å². The smallest absolute Gasteiger partial charge is 0.178 e. The summed E-state index contributed by atoms with van der Waals surface area (Å²) < 4.78 is 13.8. The lowest BCUT2D eigenvalue weighted by Gasteiger charge is -2.29. The fourth-order valence-corrected chi connectivity index (χ4v) is 3.25. The predicted octanol–water partition coefficient (Wildman–Crippen LogP) is 3.08. The van der Waals surface area contributed by atoms with Crippen molar-refractivity contribution in [3.63, 3.8) is 0 Å². The fourth-order valence-electron chi connectivity index (χ4n) is 2.36. The SMILES string of the molecule is O/N=C(/c1ccccc1F)N1CCc2sccc2C1. The van der Waals surface area contributed by atoms with E-state index in [9.17, 15) is 9.60 Å². The number of oxime groups is 1. The lowest BCUT2D eigenvalue weighted by molar-refractivity contribution is 0.295. The van der Waals surface area contributed by atoms with Crippen molar-refractivity contribution in [3.8, 4) is 0 Å². The van der Waals surface area contributed by atoms with E-state index in [1.54, 1.807) is 29.5 Å². The third-order valence-corrected chi connectivity index (χ3v) is 4.34. The van der Waals surface area contributed by atoms with Crippen LogP contribution in [-0.4, -0.2) is 22.5 Å². The molecule has 0 bridgehead atoms. The Labute approximate surface area is 114 Å². The molecule has 1 N–H and O–H groups in total. The van der Waals surface area contributed by atoms with Crippen LogP contribution in [0.25, 0.3) is 0 Å². The summed E-state index contributed by atoms with van der Waals surface area (Å²) in [5.41, 5.74) is 1.57. The Bertz CT molecular complexity index is 623. The second kappa shape index (κ2) is 5.01. The topological polar surface area (TPSA) is 35.8 Å². The fraction of sp³-hybridized carbons (Fsp3) is 0.214. The van der Waals surface area contributed by atoms with E-state index < -0.39 is 0 Å². The van der Waals surface area contributed by atoms with Gasteiger partial charge >= 0.3 is 0 Å². The van der Waals surface area contributed by atoms with Crippen molar-refractivity contribution >= 4 is 17.2 Å². The standard InChI is InChI=1S/C14H13FN2OS/c15-12-4-2-1-3-11(12)14(16-18)17-7-5-13-10(9-17)6-8-19-13/h1-4,6,8,18H,5,7,9H2/b16-14-. The Hall–Kier alpha value is -1.88. The van der Waals surface area contributed by atoms with Gasteiger partial charge in [0.25, 0.3) is 0 Å². The lowest BCUT2D eigenvalue weighted by atomic mass is 10.1. The summed E-state index contributed by atoms with van der Waals surface area (Å²) in [5.74, 6) is -0.0682. The normalized spacial score (nSPS) is 15.4. The molecule has 3 nitrogen and oxygen atoms in total. The van der Waals surface area contributed by atoms with Crippen LogP contribution in [0, 0.1) is 5.82 Å². The Kier molecular flexibility index (Phi) is 3.21. The maximum absolute atomic E-state index is 13.8. The number of nitrogens with zero attached hydrogens (tertiary/aromatic N) is 2. The number of rotatable bonds is 1. The molecule has 0 fully saturated rings. The zero-order valence-corrected chi connectivity index (χ0v) is 11.0. The molecular weight excluding hydrogens is 263 g/mol. The Morgan fingerprint density at radius 1 is 1.32 bits per heavy atom. The van der Waals surface area contributed by atoms with Crippen LogP contribution < -0.4 is 0 Å². The maximum Gasteiger partial charge on any atom is 0.178 e. The van der Waals surface area contributed by atoms with E-state index in [0.717, 1.165) is 13.0 Å². The lowest BCUT2D eigenvalue weighted by Crippen LogP contribution is -2.36. The molecule has 19 heavy (non-hydrogen) atoms. The molecule has 1 aromatic heterocycles. The largest absolute Gasteiger partial charge is 0.409 e. The summed E-state index contributed by atoms with van der Waals surface area (Å²) in [7, 11) is 0. The molecule has 0 atom stereocenters. The zero-order valence-electron chi connectivity index (χ0n) is 10.2. The van der Waals surface area contributed by atoms with Crippen LogP contribution in [0.4, 0.5) is 4.39 Å². The van der Waals surface area contributed by atoms with Crippen molar-refractivity contribution in [2.24, 2.45) is 5.16 Å². The van der Waals surface area contributed by atoms with Crippen molar-refractivity contribution in [2.45, 2.75) is 13.0 Å². The van der Waals surface area contributed by atoms with Gasteiger partial charge in [0.05, 0.1) is 5.56 Å². The van der Waals surface area contributed by atoms with Crippen molar-refractivity contribution in [3.05, 3.63) is 57.5 Å². The molecule has 98 valence electrons. The van der Waals surface area contributed by atoms with E-state index >= 15 is 0 Å². The molecule has 5 heteroatoms. The molecule has 2 heterocycles. The van der Waals surface area contributed by atoms with E-state index in [1.807, 2.05) is 4.90 Å². The molecule has 1 aromatic carbocycles. The van der Waals surface area contributed by atoms with E-state index in [4.69, 9.17) is 0 Å². The van der Waals surface area contributed by atoms with Gasteiger partial charge in [0.15, 0.2) is 5.84 Å². The van der Waals surface area contributed by atoms with Crippen LogP contribution >= 0.6 is 11.3 Å². The number of fused-ring (bicyclic) bond motifs is 1. The summed E-state index contributed by atoms with van der Waals surface area (Å²) in [6, 6.07) is 8.45. The predicted molar refractivity (Wildman–Crippen MR) is 73.2 cm³/mol. The summed E-state index contributed by atoms with van der Waals surface area (Å²) in [5, 5.41) is 14.6. The number of amidine groups is 1. The van der Waals surface area contributed by atoms with Crippen LogP contribution in [-0.2, 0) is 13.0 Å². The minimum absolute atomic E-state index is 0.301. The highest BCUT2D eigenvalue weighted by Crippen LogP contribution is 2.25. The van der Waals surface area contributed by atoms with Crippen LogP contribution in [0.5, 0.6) is 0 Å². The highest BCUT2D eigenvalue weighted by atomic mass is 32.1. The van der Waals surface area contributed by atoms with Gasteiger partial charge in [0, 0.05) is 18.0 Å². The first kappa shape index (κ1) is 12.2. The first-order chi connectivity index (χ1) is 9.29. The zero-order chi connectivity index (χ0) is 13.2. The third kappa shape index (κ3) is 2.21. The summed E-state index contributed by atoms with van der Waals surface area (Å²) >= 11 is 1.74. The van der Waals surface area contributed by atoms with Gasteiger partial charge in [-0.3, -0.25) is 0 Å². The minimum Gasteiger partial charge on any atom is -0.409 e. The molecule has 3 rings (SSSR count). The van der Waals surface area contributed by atoms with Crippen molar-refractivity contribution in [1.82, 2.24) is 4.90 Å². The minimum atomic E-state index is -0.369. The second-order valence-electron chi connectivity index (χ2n) is 4.44. The molecule has 0 spiro atoms. The highest BCUT2D eigenvalue weighted by molar-refractivity contribution is 7.10. The van der Waals surface area contributed by atoms with Gasteiger partial charge in [-0.15, -0.1) is 11.3 Å². The molecular formula is C14H13FN2OS. The Morgan fingerprint density at radius 2 is 2.16 bits per heavy atom. The first-order valence-electron chi connectivity index (χ1n) is 6.06. The van der Waals surface area contributed by atoms with Crippen LogP contribution in [0.2, 0.25) is 0 Å². The Balaban J connectivity index is 1.91. The van der Waals surface area contributed by atoms with E-state index in [-0.39, 0.29) is 5.82 Å². The van der Waals surface area contributed by atoms with E-state index in [1.165, 1.54) is 16.5 Å². The van der Waals surface area contributed by atoms with Crippen LogP contribution in [0.3, 0.4) is 0 Å². The number of thiophene rings is 1. The number of halogens is 1. The number of benzene rings is 1. The van der Waals surface area contributed by atoms with E-state index in [0.29, 0.717) is 17.9 Å². The van der Waals surface area contributed by atoms with Gasteiger partial charge in [0.2, 0.25) is 0 Å².